The van der Waals surface area contributed by atoms with Crippen molar-refractivity contribution in [2.24, 2.45) is 0 Å². The molecule has 0 radical (unpaired) electrons. The minimum atomic E-state index is -0.336. The number of rotatable bonds is 5. The van der Waals surface area contributed by atoms with Gasteiger partial charge in [-0.15, -0.1) is 0 Å². The Morgan fingerprint density at radius 1 is 0.697 bits per heavy atom. The normalized spacial score (nSPS) is 12.2. The van der Waals surface area contributed by atoms with Gasteiger partial charge in [0, 0.05) is 5.41 Å². The molecule has 0 amide bonds. The van der Waals surface area contributed by atoms with Gasteiger partial charge in [-0.25, -0.2) is 17.7 Å². The van der Waals surface area contributed by atoms with Crippen LogP contribution in [0.4, 0.5) is 0 Å². The molecule has 0 nitrogen and oxygen atoms in total. The summed E-state index contributed by atoms with van der Waals surface area (Å²) in [6, 6.07) is 27.0. The smallest absolute Gasteiger partial charge is 1.00 e. The van der Waals surface area contributed by atoms with Gasteiger partial charge in [0.15, 0.2) is 0 Å². The first-order valence-corrected chi connectivity index (χ1v) is 10.6. The molecule has 4 rings (SSSR count). The summed E-state index contributed by atoms with van der Waals surface area (Å²) in [5.41, 5.74) is 10.1. The van der Waals surface area contributed by atoms with Crippen molar-refractivity contribution in [3.63, 3.8) is 0 Å². The Kier molecular flexibility index (Phi) is 13.0. The molecule has 0 heterocycles. The van der Waals surface area contributed by atoms with Gasteiger partial charge in [0.1, 0.15) is 0 Å². The largest absolute Gasteiger partial charge is 4.00 e. The summed E-state index contributed by atoms with van der Waals surface area (Å²) in [6.45, 7) is 8.77. The predicted octanol–water partition coefficient (Wildman–Crippen LogP) is -1.57. The standard InChI is InChI=1S/C29H29.3ClH.Ti/c1-5-24-15-16-28(20-24)29(25-12-6-9-21(2)17-25,26-13-7-10-22(3)18-26)27-14-8-11-23(4)19-27;;;;/h6-15,17-19H,5,16H2,1-4H3;3*1H;/q-1;;;;+4/p-3. The van der Waals surface area contributed by atoms with Gasteiger partial charge >= 0.3 is 21.7 Å². The molecule has 1 aliphatic rings. The van der Waals surface area contributed by atoms with Gasteiger partial charge in [0.05, 0.1) is 0 Å². The second-order valence-corrected chi connectivity index (χ2v) is 8.25. The van der Waals surface area contributed by atoms with E-state index in [9.17, 15) is 0 Å². The van der Waals surface area contributed by atoms with E-state index in [0.717, 1.165) is 12.8 Å². The van der Waals surface area contributed by atoms with Crippen molar-refractivity contribution in [2.75, 3.05) is 0 Å². The van der Waals surface area contributed by atoms with E-state index in [1.54, 1.807) is 0 Å². The third-order valence-corrected chi connectivity index (χ3v) is 6.05. The first kappa shape index (κ1) is 31.7. The van der Waals surface area contributed by atoms with Crippen molar-refractivity contribution < 1.29 is 58.9 Å². The number of halogens is 3. The number of aryl methyl sites for hydroxylation is 3. The van der Waals surface area contributed by atoms with E-state index in [0.29, 0.717) is 0 Å². The van der Waals surface area contributed by atoms with Crippen LogP contribution in [0.25, 0.3) is 0 Å². The average Bonchev–Trinajstić information content (AvgIpc) is 3.18. The fourth-order valence-electron chi connectivity index (χ4n) is 4.66. The Morgan fingerprint density at radius 2 is 1.09 bits per heavy atom. The molecule has 4 heteroatoms. The van der Waals surface area contributed by atoms with E-state index >= 15 is 0 Å². The molecule has 3 aromatic rings. The predicted molar refractivity (Wildman–Crippen MR) is 123 cm³/mol. The number of hydrogen-bond donors (Lipinski definition) is 0. The first-order chi connectivity index (χ1) is 14.0. The molecule has 0 bridgehead atoms. The maximum Gasteiger partial charge on any atom is 4.00 e. The van der Waals surface area contributed by atoms with Crippen LogP contribution in [-0.4, -0.2) is 0 Å². The first-order valence-electron chi connectivity index (χ1n) is 10.6. The minimum absolute atomic E-state index is 0. The molecule has 33 heavy (non-hydrogen) atoms. The molecule has 0 saturated heterocycles. The van der Waals surface area contributed by atoms with Gasteiger partial charge in [-0.2, -0.15) is 5.57 Å². The Morgan fingerprint density at radius 3 is 1.39 bits per heavy atom. The van der Waals surface area contributed by atoms with Crippen LogP contribution in [0.3, 0.4) is 0 Å². The molecule has 170 valence electrons. The van der Waals surface area contributed by atoms with E-state index in [4.69, 9.17) is 0 Å². The van der Waals surface area contributed by atoms with Gasteiger partial charge in [0.25, 0.3) is 0 Å². The van der Waals surface area contributed by atoms with Crippen molar-refractivity contribution in [3.8, 4) is 0 Å². The molecule has 0 saturated carbocycles. The third kappa shape index (κ3) is 6.24. The number of allylic oxidation sites excluding steroid dienone is 4. The summed E-state index contributed by atoms with van der Waals surface area (Å²) in [5.74, 6) is 0. The van der Waals surface area contributed by atoms with Crippen LogP contribution < -0.4 is 37.2 Å². The summed E-state index contributed by atoms with van der Waals surface area (Å²) in [6.07, 6.45) is 8.13. The Hall–Kier alpha value is -1.28. The molecule has 0 unspecified atom stereocenters. The molecule has 0 N–H and O–H groups in total. The molecule has 0 fully saturated rings. The minimum Gasteiger partial charge on any atom is -1.00 e. The summed E-state index contributed by atoms with van der Waals surface area (Å²) in [5, 5.41) is 0. The van der Waals surface area contributed by atoms with Crippen LogP contribution in [-0.2, 0) is 27.1 Å². The maximum atomic E-state index is 3.81. The average molecular weight is 532 g/mol. The summed E-state index contributed by atoms with van der Waals surface area (Å²) in [4.78, 5) is 0. The van der Waals surface area contributed by atoms with Crippen molar-refractivity contribution in [1.82, 2.24) is 0 Å². The van der Waals surface area contributed by atoms with E-state index in [-0.39, 0.29) is 64.4 Å². The SMILES string of the molecule is CCC1=CCC(C(c2cccc(C)c2)(c2cccc(C)c2)c2cccc(C)c2)=[C-]1.[Cl-].[Cl-].[Cl-].[Ti+4]. The van der Waals surface area contributed by atoms with Crippen LogP contribution in [0.2, 0.25) is 0 Å². The van der Waals surface area contributed by atoms with E-state index in [2.05, 4.69) is 113 Å². The van der Waals surface area contributed by atoms with Crippen LogP contribution >= 0.6 is 0 Å². The quantitative estimate of drug-likeness (QED) is 0.212. The molecular formula is C29H29Cl3Ti. The fraction of sp³-hybridized carbons (Fsp3) is 0.241. The van der Waals surface area contributed by atoms with Crippen molar-refractivity contribution in [2.45, 2.75) is 46.0 Å². The third-order valence-electron chi connectivity index (χ3n) is 6.05. The maximum absolute atomic E-state index is 3.81. The molecular weight excluding hydrogens is 503 g/mol. The zero-order valence-corrected chi connectivity index (χ0v) is 23.4. The van der Waals surface area contributed by atoms with Crippen molar-refractivity contribution >= 4 is 0 Å². The monoisotopic (exact) mass is 530 g/mol. The van der Waals surface area contributed by atoms with E-state index in [1.165, 1.54) is 44.5 Å². The molecule has 0 aliphatic heterocycles. The summed E-state index contributed by atoms with van der Waals surface area (Å²) in [7, 11) is 0. The second kappa shape index (κ2) is 13.6. The van der Waals surface area contributed by atoms with E-state index < -0.39 is 0 Å². The summed E-state index contributed by atoms with van der Waals surface area (Å²) >= 11 is 0. The number of hydrogen-bond acceptors (Lipinski definition) is 0. The van der Waals surface area contributed by atoms with Gasteiger partial charge in [0.2, 0.25) is 0 Å². The molecule has 0 spiro atoms. The molecule has 0 aromatic heterocycles. The van der Waals surface area contributed by atoms with Gasteiger partial charge in [-0.1, -0.05) is 109 Å². The Bertz CT molecular complexity index is 1000. The van der Waals surface area contributed by atoms with Gasteiger partial charge in [-0.3, -0.25) is 0 Å². The summed E-state index contributed by atoms with van der Waals surface area (Å²) < 4.78 is 0. The van der Waals surface area contributed by atoms with Crippen molar-refractivity contribution in [1.29, 1.82) is 0 Å². The van der Waals surface area contributed by atoms with E-state index in [1.807, 2.05) is 0 Å². The van der Waals surface area contributed by atoms with Crippen LogP contribution in [0.15, 0.2) is 90.0 Å². The fourth-order valence-corrected chi connectivity index (χ4v) is 4.66. The zero-order valence-electron chi connectivity index (χ0n) is 19.6. The Balaban J connectivity index is 0.00000256. The topological polar surface area (TPSA) is 0 Å². The Labute approximate surface area is 233 Å². The second-order valence-electron chi connectivity index (χ2n) is 8.25. The zero-order chi connectivity index (χ0) is 20.4. The molecule has 1 aliphatic carbocycles. The van der Waals surface area contributed by atoms with Crippen LogP contribution in [0, 0.1) is 26.8 Å². The van der Waals surface area contributed by atoms with Crippen molar-refractivity contribution in [3.05, 3.63) is 129 Å². The van der Waals surface area contributed by atoms with Gasteiger partial charge < -0.3 is 37.2 Å². The molecule has 3 aromatic carbocycles. The number of benzene rings is 3. The van der Waals surface area contributed by atoms with Gasteiger partial charge in [-0.05, 0) is 37.5 Å². The molecule has 0 atom stereocenters. The van der Waals surface area contributed by atoms with Crippen LogP contribution in [0.1, 0.15) is 53.1 Å². The van der Waals surface area contributed by atoms with Crippen LogP contribution in [0.5, 0.6) is 0 Å².